The highest BCUT2D eigenvalue weighted by Gasteiger charge is 2.23. The number of nitrogens with one attached hydrogen (secondary N) is 1. The van der Waals surface area contributed by atoms with Crippen LogP contribution in [0.3, 0.4) is 0 Å². The standard InChI is InChI=1S/C13H23N3O2/c1-6-10-9(8-16(5)15-10)12(18)14-7-11(17)13(2,3)4/h8,11,17H,6-7H2,1-5H3,(H,14,18). The number of rotatable bonds is 4. The molecule has 102 valence electrons. The number of carbonyl (C=O) groups is 1. The van der Waals surface area contributed by atoms with Gasteiger partial charge in [-0.2, -0.15) is 5.10 Å². The maximum atomic E-state index is 12.0. The van der Waals surface area contributed by atoms with Crippen LogP contribution >= 0.6 is 0 Å². The lowest BCUT2D eigenvalue weighted by Crippen LogP contribution is -2.39. The normalized spacial score (nSPS) is 13.4. The summed E-state index contributed by atoms with van der Waals surface area (Å²) in [6.07, 6.45) is 1.85. The summed E-state index contributed by atoms with van der Waals surface area (Å²) in [7, 11) is 1.79. The Morgan fingerprint density at radius 3 is 2.67 bits per heavy atom. The monoisotopic (exact) mass is 253 g/mol. The summed E-state index contributed by atoms with van der Waals surface area (Å²) in [5, 5.41) is 16.8. The largest absolute Gasteiger partial charge is 0.391 e. The maximum Gasteiger partial charge on any atom is 0.254 e. The Kier molecular flexibility index (Phi) is 4.51. The molecule has 2 N–H and O–H groups in total. The second kappa shape index (κ2) is 5.52. The van der Waals surface area contributed by atoms with Crippen molar-refractivity contribution in [2.45, 2.75) is 40.2 Å². The molecule has 1 aromatic rings. The molecule has 0 aliphatic rings. The molecule has 0 saturated heterocycles. The average Bonchev–Trinajstić information content (AvgIpc) is 2.65. The Morgan fingerprint density at radius 2 is 2.17 bits per heavy atom. The predicted octanol–water partition coefficient (Wildman–Crippen LogP) is 1.12. The van der Waals surface area contributed by atoms with Crippen LogP contribution in [-0.2, 0) is 13.5 Å². The van der Waals surface area contributed by atoms with Gasteiger partial charge in [0.25, 0.3) is 5.91 Å². The van der Waals surface area contributed by atoms with Crippen LogP contribution in [0.15, 0.2) is 6.20 Å². The minimum absolute atomic E-state index is 0.178. The molecular weight excluding hydrogens is 230 g/mol. The fraction of sp³-hybridized carbons (Fsp3) is 0.692. The van der Waals surface area contributed by atoms with Crippen LogP contribution in [0.1, 0.15) is 43.7 Å². The van der Waals surface area contributed by atoms with Crippen LogP contribution < -0.4 is 5.32 Å². The average molecular weight is 253 g/mol. The van der Waals surface area contributed by atoms with Crippen molar-refractivity contribution < 1.29 is 9.90 Å². The molecule has 1 aromatic heterocycles. The van der Waals surface area contributed by atoms with E-state index in [0.717, 1.165) is 5.69 Å². The first-order valence-corrected chi connectivity index (χ1v) is 6.24. The number of aliphatic hydroxyl groups is 1. The van der Waals surface area contributed by atoms with E-state index in [-0.39, 0.29) is 17.9 Å². The van der Waals surface area contributed by atoms with Crippen LogP contribution in [-0.4, -0.2) is 33.4 Å². The molecular formula is C13H23N3O2. The van der Waals surface area contributed by atoms with Crippen molar-refractivity contribution in [1.82, 2.24) is 15.1 Å². The lowest BCUT2D eigenvalue weighted by Gasteiger charge is -2.25. The van der Waals surface area contributed by atoms with Gasteiger partial charge in [0, 0.05) is 19.8 Å². The lowest BCUT2D eigenvalue weighted by molar-refractivity contribution is 0.0586. The first-order valence-electron chi connectivity index (χ1n) is 6.24. The predicted molar refractivity (Wildman–Crippen MR) is 70.4 cm³/mol. The maximum absolute atomic E-state index is 12.0. The van der Waals surface area contributed by atoms with Gasteiger partial charge >= 0.3 is 0 Å². The molecule has 1 unspecified atom stereocenters. The molecule has 1 rings (SSSR count). The van der Waals surface area contributed by atoms with E-state index < -0.39 is 6.10 Å². The molecule has 0 radical (unpaired) electrons. The Bertz CT molecular complexity index is 418. The summed E-state index contributed by atoms with van der Waals surface area (Å²) < 4.78 is 1.63. The van der Waals surface area contributed by atoms with Crippen LogP contribution in [0.2, 0.25) is 0 Å². The fourth-order valence-corrected chi connectivity index (χ4v) is 1.58. The first kappa shape index (κ1) is 14.7. The molecule has 1 heterocycles. The van der Waals surface area contributed by atoms with Crippen molar-refractivity contribution in [2.24, 2.45) is 12.5 Å². The van der Waals surface area contributed by atoms with Gasteiger partial charge in [-0.3, -0.25) is 9.48 Å². The number of carbonyl (C=O) groups excluding carboxylic acids is 1. The smallest absolute Gasteiger partial charge is 0.254 e. The molecule has 0 bridgehead atoms. The Hall–Kier alpha value is -1.36. The van der Waals surface area contributed by atoms with Crippen LogP contribution in [0.4, 0.5) is 0 Å². The molecule has 1 atom stereocenters. The van der Waals surface area contributed by atoms with Crippen molar-refractivity contribution in [1.29, 1.82) is 0 Å². The molecule has 1 amide bonds. The van der Waals surface area contributed by atoms with Gasteiger partial charge in [-0.05, 0) is 11.8 Å². The number of hydrogen-bond donors (Lipinski definition) is 2. The van der Waals surface area contributed by atoms with Gasteiger partial charge in [0.2, 0.25) is 0 Å². The zero-order chi connectivity index (χ0) is 13.9. The van der Waals surface area contributed by atoms with Gasteiger partial charge in [0.1, 0.15) is 0 Å². The van der Waals surface area contributed by atoms with Crippen molar-refractivity contribution in [3.05, 3.63) is 17.5 Å². The summed E-state index contributed by atoms with van der Waals surface area (Å²) in [5.74, 6) is -0.178. The van der Waals surface area contributed by atoms with Gasteiger partial charge in [-0.25, -0.2) is 0 Å². The van der Waals surface area contributed by atoms with Crippen LogP contribution in [0.25, 0.3) is 0 Å². The highest BCUT2D eigenvalue weighted by atomic mass is 16.3. The molecule has 5 heteroatoms. The van der Waals surface area contributed by atoms with E-state index in [2.05, 4.69) is 10.4 Å². The van der Waals surface area contributed by atoms with E-state index in [0.29, 0.717) is 12.0 Å². The number of amides is 1. The molecule has 0 saturated carbocycles. The quantitative estimate of drug-likeness (QED) is 0.845. The van der Waals surface area contributed by atoms with Crippen molar-refractivity contribution in [3.63, 3.8) is 0 Å². The van der Waals surface area contributed by atoms with Crippen LogP contribution in [0.5, 0.6) is 0 Å². The number of nitrogens with zero attached hydrogens (tertiary/aromatic N) is 2. The second-order valence-electron chi connectivity index (χ2n) is 5.61. The Labute approximate surface area is 108 Å². The number of hydrogen-bond acceptors (Lipinski definition) is 3. The third kappa shape index (κ3) is 3.57. The Balaban J connectivity index is 2.66. The van der Waals surface area contributed by atoms with Gasteiger partial charge in [0.05, 0.1) is 17.4 Å². The summed E-state index contributed by atoms with van der Waals surface area (Å²) >= 11 is 0. The van der Waals surface area contributed by atoms with Crippen LogP contribution in [0, 0.1) is 5.41 Å². The lowest BCUT2D eigenvalue weighted by atomic mass is 9.89. The molecule has 0 spiro atoms. The molecule has 5 nitrogen and oxygen atoms in total. The summed E-state index contributed by atoms with van der Waals surface area (Å²) in [6, 6.07) is 0. The molecule has 18 heavy (non-hydrogen) atoms. The van der Waals surface area contributed by atoms with Gasteiger partial charge in [0.15, 0.2) is 0 Å². The van der Waals surface area contributed by atoms with E-state index in [1.165, 1.54) is 0 Å². The fourth-order valence-electron chi connectivity index (χ4n) is 1.58. The molecule has 0 aliphatic heterocycles. The topological polar surface area (TPSA) is 67.2 Å². The Morgan fingerprint density at radius 1 is 1.56 bits per heavy atom. The van der Waals surface area contributed by atoms with Gasteiger partial charge < -0.3 is 10.4 Å². The minimum atomic E-state index is -0.566. The third-order valence-electron chi connectivity index (χ3n) is 2.94. The van der Waals surface area contributed by atoms with Crippen molar-refractivity contribution in [3.8, 4) is 0 Å². The molecule has 0 aliphatic carbocycles. The van der Waals surface area contributed by atoms with Gasteiger partial charge in [-0.1, -0.05) is 27.7 Å². The highest BCUT2D eigenvalue weighted by Crippen LogP contribution is 2.18. The number of aromatic nitrogens is 2. The van der Waals surface area contributed by atoms with Gasteiger partial charge in [-0.15, -0.1) is 0 Å². The zero-order valence-electron chi connectivity index (χ0n) is 11.8. The zero-order valence-corrected chi connectivity index (χ0v) is 11.8. The summed E-state index contributed by atoms with van der Waals surface area (Å²) in [5.41, 5.74) is 1.12. The third-order valence-corrected chi connectivity index (χ3v) is 2.94. The van der Waals surface area contributed by atoms with Crippen molar-refractivity contribution >= 4 is 5.91 Å². The summed E-state index contributed by atoms with van der Waals surface area (Å²) in [4.78, 5) is 12.0. The van der Waals surface area contributed by atoms with Crippen molar-refractivity contribution in [2.75, 3.05) is 6.54 Å². The molecule has 0 fully saturated rings. The SMILES string of the molecule is CCc1nn(C)cc1C(=O)NCC(O)C(C)(C)C. The molecule has 0 aromatic carbocycles. The highest BCUT2D eigenvalue weighted by molar-refractivity contribution is 5.95. The second-order valence-corrected chi connectivity index (χ2v) is 5.61. The number of aliphatic hydroxyl groups excluding tert-OH is 1. The van der Waals surface area contributed by atoms with E-state index in [9.17, 15) is 9.90 Å². The van der Waals surface area contributed by atoms with E-state index in [4.69, 9.17) is 0 Å². The minimum Gasteiger partial charge on any atom is -0.391 e. The summed E-state index contributed by atoms with van der Waals surface area (Å²) in [6.45, 7) is 8.02. The number of aryl methyl sites for hydroxylation is 2. The van der Waals surface area contributed by atoms with E-state index in [1.54, 1.807) is 17.9 Å². The van der Waals surface area contributed by atoms with E-state index in [1.807, 2.05) is 27.7 Å². The first-order chi connectivity index (χ1) is 8.25. The van der Waals surface area contributed by atoms with E-state index >= 15 is 0 Å².